The van der Waals surface area contributed by atoms with E-state index in [-0.39, 0.29) is 5.78 Å². The average molecular weight is 360 g/mol. The van der Waals surface area contributed by atoms with Gasteiger partial charge >= 0.3 is 5.97 Å². The second-order valence-electron chi connectivity index (χ2n) is 6.63. The van der Waals surface area contributed by atoms with Gasteiger partial charge in [0.2, 0.25) is 0 Å². The summed E-state index contributed by atoms with van der Waals surface area (Å²) in [6, 6.07) is 20.8. The first kappa shape index (κ1) is 17.2. The van der Waals surface area contributed by atoms with Crippen LogP contribution in [0, 0.1) is 0 Å². The third-order valence-corrected chi connectivity index (χ3v) is 4.74. The molecule has 0 bridgehead atoms. The van der Waals surface area contributed by atoms with Crippen molar-refractivity contribution in [1.82, 2.24) is 9.78 Å². The van der Waals surface area contributed by atoms with Crippen LogP contribution in [0.2, 0.25) is 0 Å². The second-order valence-corrected chi connectivity index (χ2v) is 6.63. The van der Waals surface area contributed by atoms with Crippen molar-refractivity contribution in [3.63, 3.8) is 0 Å². The van der Waals surface area contributed by atoms with Crippen molar-refractivity contribution in [3.05, 3.63) is 72.4 Å². The molecule has 2 aromatic carbocycles. The molecule has 1 aliphatic rings. The van der Waals surface area contributed by atoms with E-state index in [1.54, 1.807) is 10.7 Å². The summed E-state index contributed by atoms with van der Waals surface area (Å²) in [5.41, 5.74) is 2.68. The van der Waals surface area contributed by atoms with Crippen LogP contribution in [-0.4, -0.2) is 27.6 Å². The van der Waals surface area contributed by atoms with Crippen LogP contribution in [0.5, 0.6) is 0 Å². The highest BCUT2D eigenvalue weighted by atomic mass is 16.5. The molecule has 0 saturated heterocycles. The summed E-state index contributed by atoms with van der Waals surface area (Å²) in [5, 5.41) is 4.61. The maximum absolute atomic E-state index is 12.9. The molecule has 1 heterocycles. The Labute approximate surface area is 157 Å². The van der Waals surface area contributed by atoms with Gasteiger partial charge in [0.15, 0.2) is 17.6 Å². The van der Waals surface area contributed by atoms with Crippen LogP contribution in [0.3, 0.4) is 0 Å². The molecule has 1 fully saturated rings. The molecule has 27 heavy (non-hydrogen) atoms. The molecule has 3 aromatic rings. The first-order valence-electron chi connectivity index (χ1n) is 9.17. The average Bonchev–Trinajstić information content (AvgIpc) is 3.17. The van der Waals surface area contributed by atoms with Crippen molar-refractivity contribution in [2.75, 3.05) is 0 Å². The normalized spacial score (nSPS) is 16.9. The second kappa shape index (κ2) is 7.58. The minimum absolute atomic E-state index is 0.00339. The zero-order valence-electron chi connectivity index (χ0n) is 14.9. The van der Waals surface area contributed by atoms with Gasteiger partial charge in [-0.3, -0.25) is 4.79 Å². The van der Waals surface area contributed by atoms with Crippen molar-refractivity contribution in [1.29, 1.82) is 0 Å². The van der Waals surface area contributed by atoms with Gasteiger partial charge in [-0.25, -0.2) is 9.48 Å². The van der Waals surface area contributed by atoms with Crippen molar-refractivity contribution in [2.24, 2.45) is 0 Å². The molecule has 0 amide bonds. The Balaban J connectivity index is 1.70. The van der Waals surface area contributed by atoms with Gasteiger partial charge in [-0.2, -0.15) is 5.10 Å². The molecule has 5 heteroatoms. The fourth-order valence-electron chi connectivity index (χ4n) is 3.31. The monoisotopic (exact) mass is 360 g/mol. The standard InChI is InChI=1S/C22H20N2O3/c25-20-13-7-8-14-21(20)27-22(26)19-15-18(16-9-3-1-4-10-16)23-24(19)17-11-5-2-6-12-17/h1-6,9-12,15,21H,7-8,13-14H2/t21-/m1/s1. The Morgan fingerprint density at radius 3 is 2.41 bits per heavy atom. The lowest BCUT2D eigenvalue weighted by atomic mass is 9.96. The lowest BCUT2D eigenvalue weighted by molar-refractivity contribution is -0.129. The smallest absolute Gasteiger partial charge is 0.357 e. The van der Waals surface area contributed by atoms with E-state index in [1.807, 2.05) is 60.7 Å². The summed E-state index contributed by atoms with van der Waals surface area (Å²) in [6.07, 6.45) is 2.19. The predicted molar refractivity (Wildman–Crippen MR) is 102 cm³/mol. The number of para-hydroxylation sites is 1. The van der Waals surface area contributed by atoms with Gasteiger partial charge in [-0.05, 0) is 37.5 Å². The molecule has 0 spiro atoms. The fourth-order valence-corrected chi connectivity index (χ4v) is 3.31. The molecule has 1 aromatic heterocycles. The van der Waals surface area contributed by atoms with Gasteiger partial charge in [0.05, 0.1) is 11.4 Å². The molecule has 136 valence electrons. The maximum Gasteiger partial charge on any atom is 0.357 e. The van der Waals surface area contributed by atoms with E-state index in [0.717, 1.165) is 24.1 Å². The molecule has 0 N–H and O–H groups in total. The number of esters is 1. The SMILES string of the molecule is O=C(O[C@@H]1CCCCC1=O)c1cc(-c2ccccc2)nn1-c1ccccc1. The van der Waals surface area contributed by atoms with E-state index in [9.17, 15) is 9.59 Å². The number of ether oxygens (including phenoxy) is 1. The summed E-state index contributed by atoms with van der Waals surface area (Å²) in [4.78, 5) is 24.9. The first-order valence-corrected chi connectivity index (χ1v) is 9.17. The topological polar surface area (TPSA) is 61.2 Å². The van der Waals surface area contributed by atoms with Crippen molar-refractivity contribution in [2.45, 2.75) is 31.8 Å². The van der Waals surface area contributed by atoms with E-state index in [2.05, 4.69) is 5.10 Å². The third kappa shape index (κ3) is 3.67. The van der Waals surface area contributed by atoms with Crippen LogP contribution in [0.15, 0.2) is 66.7 Å². The Morgan fingerprint density at radius 1 is 1.00 bits per heavy atom. The summed E-state index contributed by atoms with van der Waals surface area (Å²) in [5.74, 6) is -0.516. The highest BCUT2D eigenvalue weighted by Crippen LogP contribution is 2.24. The number of Topliss-reactive ketones (excluding diaryl/α,β-unsaturated/α-hetero) is 1. The quantitative estimate of drug-likeness (QED) is 0.654. The molecular formula is C22H20N2O3. The summed E-state index contributed by atoms with van der Waals surface area (Å²) >= 11 is 0. The fraction of sp³-hybridized carbons (Fsp3) is 0.227. The van der Waals surface area contributed by atoms with Gasteiger partial charge in [0.25, 0.3) is 0 Å². The Bertz CT molecular complexity index is 948. The largest absolute Gasteiger partial charge is 0.450 e. The van der Waals surface area contributed by atoms with Crippen molar-refractivity contribution < 1.29 is 14.3 Å². The number of ketones is 1. The third-order valence-electron chi connectivity index (χ3n) is 4.74. The number of aromatic nitrogens is 2. The lowest BCUT2D eigenvalue weighted by Gasteiger charge is -2.20. The van der Waals surface area contributed by atoms with Gasteiger partial charge in [-0.15, -0.1) is 0 Å². The molecular weight excluding hydrogens is 340 g/mol. The van der Waals surface area contributed by atoms with Crippen molar-refractivity contribution >= 4 is 11.8 Å². The number of carbonyl (C=O) groups excluding carboxylic acids is 2. The highest BCUT2D eigenvalue weighted by Gasteiger charge is 2.28. The molecule has 5 nitrogen and oxygen atoms in total. The number of rotatable bonds is 4. The van der Waals surface area contributed by atoms with Gasteiger partial charge in [0.1, 0.15) is 0 Å². The number of nitrogens with zero attached hydrogens (tertiary/aromatic N) is 2. The predicted octanol–water partition coefficient (Wildman–Crippen LogP) is 4.21. The van der Waals surface area contributed by atoms with Crippen LogP contribution in [0.4, 0.5) is 0 Å². The number of carbonyl (C=O) groups is 2. The zero-order chi connectivity index (χ0) is 18.6. The molecule has 0 radical (unpaired) electrons. The summed E-state index contributed by atoms with van der Waals surface area (Å²) in [7, 11) is 0. The zero-order valence-corrected chi connectivity index (χ0v) is 14.9. The number of hydrogen-bond donors (Lipinski definition) is 0. The molecule has 1 saturated carbocycles. The van der Waals surface area contributed by atoms with Crippen LogP contribution in [0.1, 0.15) is 36.2 Å². The Hall–Kier alpha value is -3.21. The molecule has 0 aliphatic heterocycles. The number of hydrogen-bond acceptors (Lipinski definition) is 4. The number of benzene rings is 2. The van der Waals surface area contributed by atoms with Gasteiger partial charge in [-0.1, -0.05) is 48.5 Å². The summed E-state index contributed by atoms with van der Waals surface area (Å²) < 4.78 is 7.13. The van der Waals surface area contributed by atoms with E-state index in [4.69, 9.17) is 4.74 Å². The minimum Gasteiger partial charge on any atom is -0.450 e. The lowest BCUT2D eigenvalue weighted by Crippen LogP contribution is -2.30. The summed E-state index contributed by atoms with van der Waals surface area (Å²) in [6.45, 7) is 0. The Kier molecular flexibility index (Phi) is 4.83. The highest BCUT2D eigenvalue weighted by molar-refractivity contribution is 5.93. The van der Waals surface area contributed by atoms with Crippen LogP contribution < -0.4 is 0 Å². The van der Waals surface area contributed by atoms with Gasteiger partial charge < -0.3 is 4.74 Å². The van der Waals surface area contributed by atoms with Crippen LogP contribution >= 0.6 is 0 Å². The first-order chi connectivity index (χ1) is 13.2. The molecule has 1 atom stereocenters. The maximum atomic E-state index is 12.9. The van der Waals surface area contributed by atoms with E-state index < -0.39 is 12.1 Å². The van der Waals surface area contributed by atoms with Crippen LogP contribution in [0.25, 0.3) is 16.9 Å². The molecule has 4 rings (SSSR count). The van der Waals surface area contributed by atoms with E-state index in [0.29, 0.717) is 24.2 Å². The van der Waals surface area contributed by atoms with E-state index >= 15 is 0 Å². The minimum atomic E-state index is -0.648. The van der Waals surface area contributed by atoms with E-state index in [1.165, 1.54) is 0 Å². The molecule has 1 aliphatic carbocycles. The molecule has 0 unspecified atom stereocenters. The van der Waals surface area contributed by atoms with Gasteiger partial charge in [0, 0.05) is 12.0 Å². The van der Waals surface area contributed by atoms with Crippen molar-refractivity contribution in [3.8, 4) is 16.9 Å². The Morgan fingerprint density at radius 2 is 1.70 bits per heavy atom. The van der Waals surface area contributed by atoms with Crippen LogP contribution in [-0.2, 0) is 9.53 Å².